The van der Waals surface area contributed by atoms with Crippen molar-refractivity contribution in [1.82, 2.24) is 0 Å². The second-order valence-electron chi connectivity index (χ2n) is 7.28. The van der Waals surface area contributed by atoms with Crippen molar-refractivity contribution in [3.63, 3.8) is 0 Å². The van der Waals surface area contributed by atoms with Gasteiger partial charge in [-0.3, -0.25) is 9.69 Å². The highest BCUT2D eigenvalue weighted by molar-refractivity contribution is 8.27. The number of ether oxygens (including phenoxy) is 2. The molecule has 33 heavy (non-hydrogen) atoms. The molecule has 0 aliphatic carbocycles. The summed E-state index contributed by atoms with van der Waals surface area (Å²) in [6, 6.07) is 21.5. The first-order valence-electron chi connectivity index (χ1n) is 10.5. The minimum absolute atomic E-state index is 0.150. The number of nitrogens with zero attached hydrogens (tertiary/aromatic N) is 1. The lowest BCUT2D eigenvalue weighted by molar-refractivity contribution is -0.113. The van der Waals surface area contributed by atoms with Crippen LogP contribution in [0.5, 0.6) is 11.5 Å². The molecule has 1 aliphatic rings. The van der Waals surface area contributed by atoms with Crippen LogP contribution in [0.15, 0.2) is 77.7 Å². The summed E-state index contributed by atoms with van der Waals surface area (Å²) in [5.74, 6) is 0.344. The SMILES string of the molecule is CCOc1cc(/C=C2\SC(=S)N(c3ccccc3F)C2=O)ccc1OC(C)c1ccccc1. The first-order valence-corrected chi connectivity index (χ1v) is 11.7. The predicted molar refractivity (Wildman–Crippen MR) is 135 cm³/mol. The fourth-order valence-electron chi connectivity index (χ4n) is 3.42. The number of amides is 1. The zero-order valence-electron chi connectivity index (χ0n) is 18.2. The van der Waals surface area contributed by atoms with E-state index in [2.05, 4.69) is 0 Å². The zero-order chi connectivity index (χ0) is 23.4. The highest BCUT2D eigenvalue weighted by Gasteiger charge is 2.34. The quantitative estimate of drug-likeness (QED) is 0.276. The van der Waals surface area contributed by atoms with E-state index in [0.29, 0.717) is 23.0 Å². The number of benzene rings is 3. The standard InChI is InChI=1S/C26H22FNO3S2/c1-3-30-23-15-18(13-14-22(23)31-17(2)19-9-5-4-6-10-19)16-24-25(29)28(26(32)33-24)21-12-8-7-11-20(21)27/h4-17H,3H2,1-2H3/b24-16-. The topological polar surface area (TPSA) is 38.8 Å². The molecule has 1 heterocycles. The first-order chi connectivity index (χ1) is 16.0. The van der Waals surface area contributed by atoms with E-state index in [4.69, 9.17) is 21.7 Å². The number of para-hydroxylation sites is 1. The van der Waals surface area contributed by atoms with E-state index in [1.54, 1.807) is 18.2 Å². The molecule has 0 saturated carbocycles. The van der Waals surface area contributed by atoms with Crippen molar-refractivity contribution in [2.24, 2.45) is 0 Å². The molecule has 1 fully saturated rings. The van der Waals surface area contributed by atoms with Crippen molar-refractivity contribution < 1.29 is 18.7 Å². The molecular weight excluding hydrogens is 457 g/mol. The summed E-state index contributed by atoms with van der Waals surface area (Å²) in [5.41, 5.74) is 1.96. The van der Waals surface area contributed by atoms with E-state index in [1.165, 1.54) is 17.0 Å². The summed E-state index contributed by atoms with van der Waals surface area (Å²) in [4.78, 5) is 14.6. The van der Waals surface area contributed by atoms with Crippen LogP contribution in [-0.2, 0) is 4.79 Å². The van der Waals surface area contributed by atoms with Gasteiger partial charge in [-0.05, 0) is 55.3 Å². The van der Waals surface area contributed by atoms with Gasteiger partial charge in [-0.15, -0.1) is 0 Å². The van der Waals surface area contributed by atoms with Gasteiger partial charge in [-0.25, -0.2) is 4.39 Å². The van der Waals surface area contributed by atoms with E-state index in [0.717, 1.165) is 22.9 Å². The van der Waals surface area contributed by atoms with Crippen molar-refractivity contribution in [3.05, 3.63) is 94.6 Å². The maximum Gasteiger partial charge on any atom is 0.270 e. The van der Waals surface area contributed by atoms with E-state index >= 15 is 0 Å². The molecule has 168 valence electrons. The van der Waals surface area contributed by atoms with Crippen LogP contribution in [0, 0.1) is 5.82 Å². The summed E-state index contributed by atoms with van der Waals surface area (Å²) in [6.07, 6.45) is 1.57. The fraction of sp³-hybridized carbons (Fsp3) is 0.154. The van der Waals surface area contributed by atoms with E-state index in [1.807, 2.05) is 62.4 Å². The molecule has 1 saturated heterocycles. The lowest BCUT2D eigenvalue weighted by Gasteiger charge is -2.18. The van der Waals surface area contributed by atoms with Gasteiger partial charge in [0.2, 0.25) is 0 Å². The van der Waals surface area contributed by atoms with E-state index in [-0.39, 0.29) is 22.0 Å². The Kier molecular flexibility index (Phi) is 7.11. The van der Waals surface area contributed by atoms with Gasteiger partial charge in [0, 0.05) is 0 Å². The Labute approximate surface area is 202 Å². The van der Waals surface area contributed by atoms with Crippen molar-refractivity contribution in [2.45, 2.75) is 20.0 Å². The van der Waals surface area contributed by atoms with Gasteiger partial charge in [0.05, 0.1) is 17.2 Å². The molecule has 3 aromatic rings. The lowest BCUT2D eigenvalue weighted by atomic mass is 10.1. The molecule has 3 aromatic carbocycles. The number of anilines is 1. The van der Waals surface area contributed by atoms with E-state index in [9.17, 15) is 9.18 Å². The Hall–Kier alpha value is -3.16. The smallest absolute Gasteiger partial charge is 0.270 e. The second kappa shape index (κ2) is 10.2. The third-order valence-corrected chi connectivity index (χ3v) is 6.33. The summed E-state index contributed by atoms with van der Waals surface area (Å²) in [5, 5.41) is 0. The maximum atomic E-state index is 14.2. The third kappa shape index (κ3) is 5.10. The van der Waals surface area contributed by atoms with Crippen LogP contribution in [-0.4, -0.2) is 16.8 Å². The highest BCUT2D eigenvalue weighted by Crippen LogP contribution is 2.38. The van der Waals surface area contributed by atoms with Crippen LogP contribution in [0.25, 0.3) is 6.08 Å². The Balaban J connectivity index is 1.59. The minimum Gasteiger partial charge on any atom is -0.490 e. The van der Waals surface area contributed by atoms with Crippen LogP contribution >= 0.6 is 24.0 Å². The molecule has 0 aromatic heterocycles. The summed E-state index contributed by atoms with van der Waals surface area (Å²) in [6.45, 7) is 4.35. The first kappa shape index (κ1) is 23.0. The number of hydrogen-bond acceptors (Lipinski definition) is 5. The Bertz CT molecular complexity index is 1210. The normalized spacial score (nSPS) is 15.7. The molecule has 0 N–H and O–H groups in total. The van der Waals surface area contributed by atoms with Gasteiger partial charge in [0.15, 0.2) is 15.8 Å². The average Bonchev–Trinajstić information content (AvgIpc) is 3.09. The van der Waals surface area contributed by atoms with Gasteiger partial charge < -0.3 is 9.47 Å². The molecule has 0 bridgehead atoms. The number of carbonyl (C=O) groups is 1. The molecule has 0 radical (unpaired) electrons. The monoisotopic (exact) mass is 479 g/mol. The van der Waals surface area contributed by atoms with Crippen molar-refractivity contribution in [2.75, 3.05) is 11.5 Å². The van der Waals surface area contributed by atoms with Crippen LogP contribution in [0.4, 0.5) is 10.1 Å². The van der Waals surface area contributed by atoms with Crippen LogP contribution in [0.3, 0.4) is 0 Å². The maximum absolute atomic E-state index is 14.2. The molecule has 1 aliphatic heterocycles. The molecular formula is C26H22FNO3S2. The summed E-state index contributed by atoms with van der Waals surface area (Å²) in [7, 11) is 0. The van der Waals surface area contributed by atoms with Gasteiger partial charge in [-0.1, -0.05) is 72.5 Å². The third-order valence-electron chi connectivity index (χ3n) is 5.03. The molecule has 4 rings (SSSR count). The fourth-order valence-corrected chi connectivity index (χ4v) is 4.71. The number of halogens is 1. The molecule has 0 spiro atoms. The number of hydrogen-bond donors (Lipinski definition) is 0. The number of carbonyl (C=O) groups excluding carboxylic acids is 1. The van der Waals surface area contributed by atoms with Crippen LogP contribution in [0.2, 0.25) is 0 Å². The molecule has 4 nitrogen and oxygen atoms in total. The molecule has 7 heteroatoms. The van der Waals surface area contributed by atoms with Gasteiger partial charge >= 0.3 is 0 Å². The Morgan fingerprint density at radius 1 is 1.06 bits per heavy atom. The number of rotatable bonds is 7. The second-order valence-corrected chi connectivity index (χ2v) is 8.95. The number of thiocarbonyl (C=S) groups is 1. The molecule has 1 unspecified atom stereocenters. The van der Waals surface area contributed by atoms with Crippen LogP contribution < -0.4 is 14.4 Å². The van der Waals surface area contributed by atoms with Crippen molar-refractivity contribution in [3.8, 4) is 11.5 Å². The molecule has 1 amide bonds. The largest absolute Gasteiger partial charge is 0.490 e. The summed E-state index contributed by atoms with van der Waals surface area (Å²) >= 11 is 6.49. The zero-order valence-corrected chi connectivity index (χ0v) is 19.8. The predicted octanol–water partition coefficient (Wildman–Crippen LogP) is 6.77. The van der Waals surface area contributed by atoms with E-state index < -0.39 is 5.82 Å². The van der Waals surface area contributed by atoms with Gasteiger partial charge in [0.1, 0.15) is 11.9 Å². The summed E-state index contributed by atoms with van der Waals surface area (Å²) < 4.78 is 26.5. The van der Waals surface area contributed by atoms with Crippen LogP contribution in [0.1, 0.15) is 31.1 Å². The van der Waals surface area contributed by atoms with Crippen molar-refractivity contribution >= 4 is 46.0 Å². The van der Waals surface area contributed by atoms with Gasteiger partial charge in [-0.2, -0.15) is 0 Å². The Morgan fingerprint density at radius 3 is 2.52 bits per heavy atom. The van der Waals surface area contributed by atoms with Gasteiger partial charge in [0.25, 0.3) is 5.91 Å². The highest BCUT2D eigenvalue weighted by atomic mass is 32.2. The Morgan fingerprint density at radius 2 is 1.79 bits per heavy atom. The minimum atomic E-state index is -0.497. The van der Waals surface area contributed by atoms with Crippen molar-refractivity contribution in [1.29, 1.82) is 0 Å². The molecule has 1 atom stereocenters. The number of thioether (sulfide) groups is 1. The average molecular weight is 480 g/mol. The lowest BCUT2D eigenvalue weighted by Crippen LogP contribution is -2.28.